The molecule has 1 saturated heterocycles. The Bertz CT molecular complexity index is 715. The average molecular weight is 386 g/mol. The molecule has 1 unspecified atom stereocenters. The van der Waals surface area contributed by atoms with Gasteiger partial charge in [0.15, 0.2) is 9.84 Å². The first-order valence-corrected chi connectivity index (χ1v) is 11.0. The van der Waals surface area contributed by atoms with Gasteiger partial charge in [0.1, 0.15) is 0 Å². The number of carbonyl (C=O) groups is 2. The lowest BCUT2D eigenvalue weighted by molar-refractivity contribution is -0.140. The van der Waals surface area contributed by atoms with E-state index >= 15 is 0 Å². The zero-order valence-electron chi connectivity index (χ0n) is 14.2. The molecule has 1 aromatic carbocycles. The van der Waals surface area contributed by atoms with E-state index in [-0.39, 0.29) is 24.1 Å². The van der Waals surface area contributed by atoms with Crippen molar-refractivity contribution in [3.63, 3.8) is 0 Å². The Labute approximate surface area is 152 Å². The SMILES string of the molecule is CCS(=O)(=O)c1ccc(CCC(=O)N2CCSCC2CC(=O)O)cc1. The molecule has 8 heteroatoms. The van der Waals surface area contributed by atoms with Crippen LogP contribution in [0.2, 0.25) is 0 Å². The molecule has 25 heavy (non-hydrogen) atoms. The van der Waals surface area contributed by atoms with Crippen LogP contribution in [0.5, 0.6) is 0 Å². The van der Waals surface area contributed by atoms with Gasteiger partial charge in [-0.15, -0.1) is 0 Å². The predicted molar refractivity (Wildman–Crippen MR) is 97.6 cm³/mol. The Morgan fingerprint density at radius 1 is 1.28 bits per heavy atom. The van der Waals surface area contributed by atoms with Crippen molar-refractivity contribution in [1.29, 1.82) is 0 Å². The number of carbonyl (C=O) groups excluding carboxylic acids is 1. The summed E-state index contributed by atoms with van der Waals surface area (Å²) in [7, 11) is -3.22. The number of carboxylic acid groups (broad SMARTS) is 1. The first-order chi connectivity index (χ1) is 11.8. The summed E-state index contributed by atoms with van der Waals surface area (Å²) in [6.07, 6.45) is 0.775. The summed E-state index contributed by atoms with van der Waals surface area (Å²) in [6.45, 7) is 2.18. The number of rotatable bonds is 7. The average Bonchev–Trinajstić information content (AvgIpc) is 2.60. The third-order valence-corrected chi connectivity index (χ3v) is 7.09. The number of benzene rings is 1. The lowest BCUT2D eigenvalue weighted by atomic mass is 10.1. The van der Waals surface area contributed by atoms with Crippen molar-refractivity contribution in [3.05, 3.63) is 29.8 Å². The minimum absolute atomic E-state index is 0.0255. The lowest BCUT2D eigenvalue weighted by Gasteiger charge is -2.34. The first-order valence-electron chi connectivity index (χ1n) is 8.24. The summed E-state index contributed by atoms with van der Waals surface area (Å²) in [5.74, 6) is 0.602. The van der Waals surface area contributed by atoms with E-state index in [1.807, 2.05) is 0 Å². The molecule has 0 spiro atoms. The normalized spacial score (nSPS) is 18.1. The van der Waals surface area contributed by atoms with Crippen LogP contribution in [0.15, 0.2) is 29.2 Å². The van der Waals surface area contributed by atoms with E-state index < -0.39 is 15.8 Å². The van der Waals surface area contributed by atoms with Crippen molar-refractivity contribution < 1.29 is 23.1 Å². The van der Waals surface area contributed by atoms with Crippen LogP contribution in [0.25, 0.3) is 0 Å². The highest BCUT2D eigenvalue weighted by atomic mass is 32.2. The van der Waals surface area contributed by atoms with E-state index in [0.29, 0.717) is 30.0 Å². The van der Waals surface area contributed by atoms with Crippen LogP contribution in [0.4, 0.5) is 0 Å². The fourth-order valence-corrected chi connectivity index (χ4v) is 4.73. The zero-order chi connectivity index (χ0) is 18.4. The summed E-state index contributed by atoms with van der Waals surface area (Å²) in [5, 5.41) is 8.99. The Hall–Kier alpha value is -1.54. The Balaban J connectivity index is 1.95. The van der Waals surface area contributed by atoms with Crippen LogP contribution in [0.3, 0.4) is 0 Å². The van der Waals surface area contributed by atoms with Crippen molar-refractivity contribution in [2.24, 2.45) is 0 Å². The standard InChI is InChI=1S/C17H23NO5S2/c1-2-25(22,23)15-6-3-13(4-7-15)5-8-16(19)18-9-10-24-12-14(18)11-17(20)21/h3-4,6-7,14H,2,5,8-12H2,1H3,(H,20,21). The number of carboxylic acids is 1. The molecule has 1 amide bonds. The van der Waals surface area contributed by atoms with Gasteiger partial charge in [0.25, 0.3) is 0 Å². The van der Waals surface area contributed by atoms with E-state index in [9.17, 15) is 18.0 Å². The lowest BCUT2D eigenvalue weighted by Crippen LogP contribution is -2.47. The number of hydrogen-bond acceptors (Lipinski definition) is 5. The Morgan fingerprint density at radius 3 is 2.56 bits per heavy atom. The molecule has 2 rings (SSSR count). The minimum Gasteiger partial charge on any atom is -0.481 e. The highest BCUT2D eigenvalue weighted by Gasteiger charge is 2.28. The third kappa shape index (κ3) is 5.47. The second kappa shape index (κ2) is 8.71. The monoisotopic (exact) mass is 385 g/mol. The van der Waals surface area contributed by atoms with Gasteiger partial charge in [0.2, 0.25) is 5.91 Å². The molecule has 1 atom stereocenters. The molecular weight excluding hydrogens is 362 g/mol. The second-order valence-electron chi connectivity index (χ2n) is 5.96. The number of amides is 1. The molecule has 1 aliphatic rings. The van der Waals surface area contributed by atoms with Crippen molar-refractivity contribution in [1.82, 2.24) is 4.90 Å². The summed E-state index contributed by atoms with van der Waals surface area (Å²) in [4.78, 5) is 25.4. The van der Waals surface area contributed by atoms with Crippen molar-refractivity contribution >= 4 is 33.5 Å². The summed E-state index contributed by atoms with van der Waals surface area (Å²) >= 11 is 1.67. The van der Waals surface area contributed by atoms with Gasteiger partial charge < -0.3 is 10.0 Å². The molecule has 1 heterocycles. The Morgan fingerprint density at radius 2 is 1.96 bits per heavy atom. The molecule has 0 aromatic heterocycles. The van der Waals surface area contributed by atoms with E-state index in [0.717, 1.165) is 11.3 Å². The molecule has 138 valence electrons. The molecule has 0 radical (unpaired) electrons. The maximum absolute atomic E-state index is 12.5. The maximum atomic E-state index is 12.5. The fraction of sp³-hybridized carbons (Fsp3) is 0.529. The smallest absolute Gasteiger partial charge is 0.305 e. The van der Waals surface area contributed by atoms with E-state index in [4.69, 9.17) is 5.11 Å². The van der Waals surface area contributed by atoms with E-state index in [1.54, 1.807) is 47.9 Å². The van der Waals surface area contributed by atoms with E-state index in [1.165, 1.54) is 0 Å². The largest absolute Gasteiger partial charge is 0.481 e. The minimum atomic E-state index is -3.22. The van der Waals surface area contributed by atoms with Gasteiger partial charge in [-0.05, 0) is 24.1 Å². The number of sulfone groups is 1. The van der Waals surface area contributed by atoms with Gasteiger partial charge >= 0.3 is 5.97 Å². The van der Waals surface area contributed by atoms with Crippen LogP contribution in [-0.2, 0) is 25.8 Å². The molecule has 0 aliphatic carbocycles. The zero-order valence-corrected chi connectivity index (χ0v) is 15.8. The summed E-state index contributed by atoms with van der Waals surface area (Å²) in [6, 6.07) is 6.36. The molecule has 1 aliphatic heterocycles. The van der Waals surface area contributed by atoms with Gasteiger partial charge in [-0.25, -0.2) is 8.42 Å². The van der Waals surface area contributed by atoms with Gasteiger partial charge in [-0.1, -0.05) is 19.1 Å². The topological polar surface area (TPSA) is 91.8 Å². The number of aliphatic carboxylic acids is 1. The van der Waals surface area contributed by atoms with Crippen LogP contribution in [0.1, 0.15) is 25.3 Å². The number of thioether (sulfide) groups is 1. The van der Waals surface area contributed by atoms with Crippen molar-refractivity contribution in [3.8, 4) is 0 Å². The Kier molecular flexibility index (Phi) is 6.89. The fourth-order valence-electron chi connectivity index (χ4n) is 2.78. The molecule has 1 N–H and O–H groups in total. The first kappa shape index (κ1) is 19.8. The summed E-state index contributed by atoms with van der Waals surface area (Å²) < 4.78 is 23.6. The molecule has 1 aromatic rings. The predicted octanol–water partition coefficient (Wildman–Crippen LogP) is 1.83. The molecular formula is C17H23NO5S2. The molecule has 1 fully saturated rings. The number of hydrogen-bond donors (Lipinski definition) is 1. The number of aryl methyl sites for hydroxylation is 1. The van der Waals surface area contributed by atoms with Crippen molar-refractivity contribution in [2.75, 3.05) is 23.8 Å². The van der Waals surface area contributed by atoms with Crippen LogP contribution in [-0.4, -0.2) is 60.1 Å². The number of nitrogens with zero attached hydrogens (tertiary/aromatic N) is 1. The highest BCUT2D eigenvalue weighted by molar-refractivity contribution is 7.99. The maximum Gasteiger partial charge on any atom is 0.305 e. The van der Waals surface area contributed by atoms with Crippen LogP contribution < -0.4 is 0 Å². The van der Waals surface area contributed by atoms with Crippen LogP contribution >= 0.6 is 11.8 Å². The van der Waals surface area contributed by atoms with Gasteiger partial charge in [0, 0.05) is 24.5 Å². The van der Waals surface area contributed by atoms with Crippen molar-refractivity contribution in [2.45, 2.75) is 37.1 Å². The quantitative estimate of drug-likeness (QED) is 0.770. The third-order valence-electron chi connectivity index (χ3n) is 4.25. The van der Waals surface area contributed by atoms with Gasteiger partial charge in [-0.3, -0.25) is 9.59 Å². The second-order valence-corrected chi connectivity index (χ2v) is 9.39. The molecule has 0 saturated carbocycles. The van der Waals surface area contributed by atoms with Gasteiger partial charge in [-0.2, -0.15) is 11.8 Å². The summed E-state index contributed by atoms with van der Waals surface area (Å²) in [5.41, 5.74) is 0.893. The molecule has 6 nitrogen and oxygen atoms in total. The van der Waals surface area contributed by atoms with E-state index in [2.05, 4.69) is 0 Å². The molecule has 0 bridgehead atoms. The highest BCUT2D eigenvalue weighted by Crippen LogP contribution is 2.21. The van der Waals surface area contributed by atoms with Gasteiger partial charge in [0.05, 0.1) is 23.1 Å². The van der Waals surface area contributed by atoms with Crippen LogP contribution in [0, 0.1) is 0 Å².